The Kier molecular flexibility index (Phi) is 2.53. The summed E-state index contributed by atoms with van der Waals surface area (Å²) < 4.78 is 4.24. The summed E-state index contributed by atoms with van der Waals surface area (Å²) >= 11 is 1.41. The Balaban J connectivity index is 1.54. The summed E-state index contributed by atoms with van der Waals surface area (Å²) in [6.07, 6.45) is 7.83. The van der Waals surface area contributed by atoms with Crippen molar-refractivity contribution in [3.05, 3.63) is 16.6 Å². The molecule has 1 aromatic heterocycles. The molecule has 4 heteroatoms. The summed E-state index contributed by atoms with van der Waals surface area (Å²) in [7, 11) is 0. The molecule has 4 aliphatic carbocycles. The third-order valence-corrected chi connectivity index (χ3v) is 5.97. The van der Waals surface area contributed by atoms with Crippen LogP contribution in [0, 0.1) is 24.7 Å². The zero-order valence-corrected chi connectivity index (χ0v) is 12.1. The first kappa shape index (κ1) is 11.9. The van der Waals surface area contributed by atoms with E-state index in [0.717, 1.165) is 22.6 Å². The van der Waals surface area contributed by atoms with Gasteiger partial charge in [0.1, 0.15) is 5.69 Å². The molecule has 0 saturated heterocycles. The molecule has 102 valence electrons. The van der Waals surface area contributed by atoms with Crippen molar-refractivity contribution in [2.45, 2.75) is 51.0 Å². The first-order valence-corrected chi connectivity index (χ1v) is 8.15. The molecule has 0 atom stereocenters. The Morgan fingerprint density at radius 1 is 1.26 bits per heavy atom. The summed E-state index contributed by atoms with van der Waals surface area (Å²) in [4.78, 5) is 13.5. The summed E-state index contributed by atoms with van der Waals surface area (Å²) in [5.74, 6) is 2.64. The van der Waals surface area contributed by atoms with Crippen molar-refractivity contribution in [2.75, 3.05) is 0 Å². The van der Waals surface area contributed by atoms with Crippen molar-refractivity contribution in [3.8, 4) is 0 Å². The molecule has 4 fully saturated rings. The molecule has 4 saturated carbocycles. The van der Waals surface area contributed by atoms with E-state index < -0.39 is 0 Å². The Morgan fingerprint density at radius 2 is 1.84 bits per heavy atom. The van der Waals surface area contributed by atoms with Gasteiger partial charge in [-0.2, -0.15) is 4.37 Å². The van der Waals surface area contributed by atoms with E-state index >= 15 is 0 Å². The number of aromatic nitrogens is 1. The number of carbonyl (C=O) groups excluding carboxylic acids is 1. The Labute approximate surface area is 118 Å². The maximum Gasteiger partial charge on any atom is 0.271 e. The fourth-order valence-corrected chi connectivity index (χ4v) is 5.58. The number of carbonyl (C=O) groups is 1. The standard InChI is InChI=1S/C15H20N2OS/c1-9-2-13(17-19-9)14(18)16-15-6-10-3-11(7-15)5-12(4-10)8-15/h2,10-12H,3-8H2,1H3,(H,16,18). The lowest BCUT2D eigenvalue weighted by Crippen LogP contribution is -2.59. The zero-order chi connectivity index (χ0) is 13.0. The van der Waals surface area contributed by atoms with Crippen LogP contribution >= 0.6 is 11.5 Å². The number of nitrogens with zero attached hydrogens (tertiary/aromatic N) is 1. The molecular weight excluding hydrogens is 256 g/mol. The minimum atomic E-state index is 0.0475. The van der Waals surface area contributed by atoms with E-state index in [0.29, 0.717) is 5.69 Å². The molecule has 4 aliphatic rings. The number of hydrogen-bond acceptors (Lipinski definition) is 3. The van der Waals surface area contributed by atoms with E-state index in [1.54, 1.807) is 0 Å². The van der Waals surface area contributed by atoms with Crippen LogP contribution in [-0.4, -0.2) is 15.8 Å². The molecule has 1 amide bonds. The highest BCUT2D eigenvalue weighted by Crippen LogP contribution is 2.55. The highest BCUT2D eigenvalue weighted by molar-refractivity contribution is 7.05. The van der Waals surface area contributed by atoms with Crippen LogP contribution in [0.15, 0.2) is 6.07 Å². The molecule has 1 N–H and O–H groups in total. The Bertz CT molecular complexity index is 487. The Morgan fingerprint density at radius 3 is 2.32 bits per heavy atom. The third-order valence-electron chi connectivity index (χ3n) is 5.28. The van der Waals surface area contributed by atoms with Crippen LogP contribution in [0.1, 0.15) is 53.9 Å². The molecule has 1 heterocycles. The van der Waals surface area contributed by atoms with Crippen molar-refractivity contribution in [3.63, 3.8) is 0 Å². The predicted molar refractivity (Wildman–Crippen MR) is 75.2 cm³/mol. The lowest BCUT2D eigenvalue weighted by atomic mass is 9.53. The molecule has 5 rings (SSSR count). The number of rotatable bonds is 2. The van der Waals surface area contributed by atoms with Crippen molar-refractivity contribution >= 4 is 17.4 Å². The minimum Gasteiger partial charge on any atom is -0.345 e. The zero-order valence-electron chi connectivity index (χ0n) is 11.3. The van der Waals surface area contributed by atoms with Crippen LogP contribution < -0.4 is 5.32 Å². The third kappa shape index (κ3) is 2.00. The first-order valence-electron chi connectivity index (χ1n) is 7.38. The van der Waals surface area contributed by atoms with Gasteiger partial charge in [0, 0.05) is 10.4 Å². The van der Waals surface area contributed by atoms with E-state index in [1.165, 1.54) is 50.1 Å². The van der Waals surface area contributed by atoms with Crippen molar-refractivity contribution < 1.29 is 4.79 Å². The molecule has 19 heavy (non-hydrogen) atoms. The molecule has 0 spiro atoms. The molecule has 3 nitrogen and oxygen atoms in total. The van der Waals surface area contributed by atoms with Gasteiger partial charge in [0.05, 0.1) is 0 Å². The van der Waals surface area contributed by atoms with E-state index in [4.69, 9.17) is 0 Å². The smallest absolute Gasteiger partial charge is 0.271 e. The number of hydrogen-bond donors (Lipinski definition) is 1. The fourth-order valence-electron chi connectivity index (χ4n) is 5.04. The van der Waals surface area contributed by atoms with Gasteiger partial charge in [-0.1, -0.05) is 0 Å². The second kappa shape index (κ2) is 4.05. The molecule has 4 bridgehead atoms. The van der Waals surface area contributed by atoms with Gasteiger partial charge in [-0.15, -0.1) is 0 Å². The molecule has 1 aromatic rings. The predicted octanol–water partition coefficient (Wildman–Crippen LogP) is 3.15. The lowest BCUT2D eigenvalue weighted by Gasteiger charge is -2.56. The summed E-state index contributed by atoms with van der Waals surface area (Å²) in [5, 5.41) is 3.36. The number of amides is 1. The van der Waals surface area contributed by atoms with Gasteiger partial charge in [-0.3, -0.25) is 4.79 Å². The van der Waals surface area contributed by atoms with Gasteiger partial charge in [-0.05, 0) is 80.8 Å². The molecule has 0 unspecified atom stereocenters. The van der Waals surface area contributed by atoms with Gasteiger partial charge in [-0.25, -0.2) is 0 Å². The molecule has 0 aromatic carbocycles. The van der Waals surface area contributed by atoms with Crippen LogP contribution in [0.2, 0.25) is 0 Å². The van der Waals surface area contributed by atoms with Crippen LogP contribution in [0.5, 0.6) is 0 Å². The first-order chi connectivity index (χ1) is 9.12. The summed E-state index contributed by atoms with van der Waals surface area (Å²) in [6, 6.07) is 1.90. The maximum atomic E-state index is 12.4. The lowest BCUT2D eigenvalue weighted by molar-refractivity contribution is -0.0167. The molecular formula is C15H20N2OS. The van der Waals surface area contributed by atoms with Crippen molar-refractivity contribution in [1.29, 1.82) is 0 Å². The SMILES string of the molecule is Cc1cc(C(=O)NC23CC4CC(CC(C4)C2)C3)ns1. The van der Waals surface area contributed by atoms with E-state index in [1.807, 2.05) is 13.0 Å². The monoisotopic (exact) mass is 276 g/mol. The quantitative estimate of drug-likeness (QED) is 0.901. The summed E-state index contributed by atoms with van der Waals surface area (Å²) in [6.45, 7) is 2.00. The van der Waals surface area contributed by atoms with Gasteiger partial charge in [0.25, 0.3) is 5.91 Å². The van der Waals surface area contributed by atoms with Crippen LogP contribution in [0.3, 0.4) is 0 Å². The maximum absolute atomic E-state index is 12.4. The average Bonchev–Trinajstić information content (AvgIpc) is 2.73. The average molecular weight is 276 g/mol. The largest absolute Gasteiger partial charge is 0.345 e. The molecule has 0 aliphatic heterocycles. The second-order valence-corrected chi connectivity index (χ2v) is 7.98. The minimum absolute atomic E-state index is 0.0475. The normalized spacial score (nSPS) is 39.5. The topological polar surface area (TPSA) is 42.0 Å². The fraction of sp³-hybridized carbons (Fsp3) is 0.733. The van der Waals surface area contributed by atoms with Gasteiger partial charge in [0.2, 0.25) is 0 Å². The van der Waals surface area contributed by atoms with Gasteiger partial charge < -0.3 is 5.32 Å². The van der Waals surface area contributed by atoms with E-state index in [2.05, 4.69) is 9.69 Å². The van der Waals surface area contributed by atoms with Gasteiger partial charge in [0.15, 0.2) is 0 Å². The van der Waals surface area contributed by atoms with Crippen molar-refractivity contribution in [1.82, 2.24) is 9.69 Å². The molecule has 0 radical (unpaired) electrons. The highest BCUT2D eigenvalue weighted by atomic mass is 32.1. The van der Waals surface area contributed by atoms with E-state index in [9.17, 15) is 4.79 Å². The summed E-state index contributed by atoms with van der Waals surface area (Å²) in [5.41, 5.74) is 0.710. The van der Waals surface area contributed by atoms with Crippen molar-refractivity contribution in [2.24, 2.45) is 17.8 Å². The highest BCUT2D eigenvalue weighted by Gasteiger charge is 2.51. The van der Waals surface area contributed by atoms with Crippen LogP contribution in [0.25, 0.3) is 0 Å². The van der Waals surface area contributed by atoms with Crippen LogP contribution in [-0.2, 0) is 0 Å². The number of nitrogens with one attached hydrogen (secondary N) is 1. The second-order valence-electron chi connectivity index (χ2n) is 6.97. The number of aryl methyl sites for hydroxylation is 1. The van der Waals surface area contributed by atoms with E-state index in [-0.39, 0.29) is 11.4 Å². The van der Waals surface area contributed by atoms with Gasteiger partial charge >= 0.3 is 0 Å². The Hall–Kier alpha value is -0.900. The van der Waals surface area contributed by atoms with Crippen LogP contribution in [0.4, 0.5) is 0 Å².